The summed E-state index contributed by atoms with van der Waals surface area (Å²) in [7, 11) is 0. The van der Waals surface area contributed by atoms with Crippen molar-refractivity contribution in [2.45, 2.75) is 51.5 Å². The van der Waals surface area contributed by atoms with Crippen LogP contribution in [0.15, 0.2) is 36.7 Å². The zero-order valence-electron chi connectivity index (χ0n) is 16.1. The summed E-state index contributed by atoms with van der Waals surface area (Å²) in [6, 6.07) is 6.95. The van der Waals surface area contributed by atoms with Gasteiger partial charge in [0.25, 0.3) is 5.91 Å². The summed E-state index contributed by atoms with van der Waals surface area (Å²) < 4.78 is 4.94. The van der Waals surface area contributed by atoms with Crippen molar-refractivity contribution in [3.05, 3.63) is 47.9 Å². The van der Waals surface area contributed by atoms with Crippen LogP contribution in [-0.2, 0) is 4.74 Å². The van der Waals surface area contributed by atoms with Crippen LogP contribution in [0.25, 0.3) is 0 Å². The average Bonchev–Trinajstić information content (AvgIpc) is 2.98. The maximum Gasteiger partial charge on any atom is 0.338 e. The van der Waals surface area contributed by atoms with Gasteiger partial charge in [-0.3, -0.25) is 4.79 Å². The first-order chi connectivity index (χ1) is 13.7. The van der Waals surface area contributed by atoms with Gasteiger partial charge in [0.2, 0.25) is 0 Å². The largest absolute Gasteiger partial charge is 0.462 e. The minimum absolute atomic E-state index is 0.237. The van der Waals surface area contributed by atoms with E-state index in [0.29, 0.717) is 29.7 Å². The molecule has 2 aromatic rings. The summed E-state index contributed by atoms with van der Waals surface area (Å²) in [5.74, 6) is -0.0392. The topological polar surface area (TPSA) is 93.2 Å². The number of carbonyl (C=O) groups is 2. The molecule has 1 fully saturated rings. The second-order valence-electron chi connectivity index (χ2n) is 6.87. The van der Waals surface area contributed by atoms with Crippen LogP contribution in [0.1, 0.15) is 66.3 Å². The van der Waals surface area contributed by atoms with Gasteiger partial charge in [0, 0.05) is 11.7 Å². The first-order valence-electron chi connectivity index (χ1n) is 9.83. The zero-order chi connectivity index (χ0) is 19.8. The molecule has 0 bridgehead atoms. The Morgan fingerprint density at radius 1 is 1.04 bits per heavy atom. The number of anilines is 2. The van der Waals surface area contributed by atoms with E-state index >= 15 is 0 Å². The molecule has 7 heteroatoms. The van der Waals surface area contributed by atoms with E-state index in [1.165, 1.54) is 31.9 Å². The van der Waals surface area contributed by atoms with Crippen molar-refractivity contribution >= 4 is 23.4 Å². The minimum atomic E-state index is -0.386. The number of amides is 1. The number of nitrogens with one attached hydrogen (secondary N) is 2. The van der Waals surface area contributed by atoms with E-state index in [2.05, 4.69) is 20.6 Å². The number of carbonyl (C=O) groups excluding carboxylic acids is 2. The highest BCUT2D eigenvalue weighted by Gasteiger charge is 2.14. The molecule has 1 saturated carbocycles. The third-order valence-electron chi connectivity index (χ3n) is 4.75. The number of aromatic nitrogens is 2. The highest BCUT2D eigenvalue weighted by molar-refractivity contribution is 6.03. The number of hydrogen-bond donors (Lipinski definition) is 2. The molecule has 28 heavy (non-hydrogen) atoms. The number of nitrogens with zero attached hydrogens (tertiary/aromatic N) is 2. The van der Waals surface area contributed by atoms with E-state index < -0.39 is 0 Å². The number of esters is 1. The molecule has 0 saturated heterocycles. The zero-order valence-corrected chi connectivity index (χ0v) is 16.1. The maximum absolute atomic E-state index is 12.4. The van der Waals surface area contributed by atoms with Crippen molar-refractivity contribution in [3.8, 4) is 0 Å². The highest BCUT2D eigenvalue weighted by atomic mass is 16.5. The van der Waals surface area contributed by atoms with Crippen molar-refractivity contribution in [2.24, 2.45) is 0 Å². The summed E-state index contributed by atoms with van der Waals surface area (Å²) in [6.07, 6.45) is 10.4. The molecule has 1 aliphatic carbocycles. The number of hydrogen-bond acceptors (Lipinski definition) is 6. The SMILES string of the molecule is CCOC(=O)c1ccc(NC(=O)c2cnc(NC3CCCCCC3)cn2)cc1. The summed E-state index contributed by atoms with van der Waals surface area (Å²) in [5, 5.41) is 6.17. The van der Waals surface area contributed by atoms with Crippen molar-refractivity contribution < 1.29 is 14.3 Å². The van der Waals surface area contributed by atoms with Crippen LogP contribution >= 0.6 is 0 Å². The predicted octanol–water partition coefficient (Wildman–Crippen LogP) is 4.04. The molecule has 0 aliphatic heterocycles. The number of ether oxygens (including phenoxy) is 1. The van der Waals surface area contributed by atoms with Crippen LogP contribution in [-0.4, -0.2) is 34.5 Å². The molecule has 0 radical (unpaired) electrons. The van der Waals surface area contributed by atoms with E-state index in [9.17, 15) is 9.59 Å². The summed E-state index contributed by atoms with van der Waals surface area (Å²) in [6.45, 7) is 2.08. The fourth-order valence-corrected chi connectivity index (χ4v) is 3.25. The van der Waals surface area contributed by atoms with Crippen molar-refractivity contribution in [3.63, 3.8) is 0 Å². The lowest BCUT2D eigenvalue weighted by Gasteiger charge is -2.16. The smallest absolute Gasteiger partial charge is 0.338 e. The number of rotatable bonds is 6. The number of benzene rings is 1. The Labute approximate surface area is 164 Å². The van der Waals surface area contributed by atoms with E-state index in [-0.39, 0.29) is 17.6 Å². The van der Waals surface area contributed by atoms with Crippen LogP contribution in [0.4, 0.5) is 11.5 Å². The molecule has 148 valence electrons. The monoisotopic (exact) mass is 382 g/mol. The molecule has 1 heterocycles. The molecular weight excluding hydrogens is 356 g/mol. The molecule has 0 unspecified atom stereocenters. The van der Waals surface area contributed by atoms with Gasteiger partial charge in [-0.2, -0.15) is 0 Å². The van der Waals surface area contributed by atoms with Crippen molar-refractivity contribution in [1.29, 1.82) is 0 Å². The first kappa shape index (κ1) is 19.8. The third kappa shape index (κ3) is 5.52. The van der Waals surface area contributed by atoms with Crippen LogP contribution in [0.2, 0.25) is 0 Å². The first-order valence-corrected chi connectivity index (χ1v) is 9.83. The standard InChI is InChI=1S/C21H26N4O3/c1-2-28-21(27)15-9-11-17(12-10-15)25-20(26)18-13-23-19(14-22-18)24-16-7-5-3-4-6-8-16/h9-14,16H,2-8H2,1H3,(H,23,24)(H,25,26). The molecular formula is C21H26N4O3. The van der Waals surface area contributed by atoms with E-state index in [1.807, 2.05) is 0 Å². The normalized spacial score (nSPS) is 14.8. The molecule has 2 N–H and O–H groups in total. The lowest BCUT2D eigenvalue weighted by molar-refractivity contribution is 0.0526. The molecule has 1 aromatic heterocycles. The quantitative estimate of drug-likeness (QED) is 0.578. The van der Waals surface area contributed by atoms with E-state index in [4.69, 9.17) is 4.74 Å². The van der Waals surface area contributed by atoms with E-state index in [0.717, 1.165) is 12.8 Å². The second-order valence-corrected chi connectivity index (χ2v) is 6.87. The Balaban J connectivity index is 1.56. The molecule has 1 aliphatic rings. The van der Waals surface area contributed by atoms with Gasteiger partial charge in [-0.05, 0) is 44.0 Å². The van der Waals surface area contributed by atoms with Gasteiger partial charge in [-0.1, -0.05) is 25.7 Å². The van der Waals surface area contributed by atoms with Gasteiger partial charge in [-0.25, -0.2) is 14.8 Å². The van der Waals surface area contributed by atoms with Crippen molar-refractivity contribution in [2.75, 3.05) is 17.2 Å². The summed E-state index contributed by atoms with van der Waals surface area (Å²) in [4.78, 5) is 32.6. The van der Waals surface area contributed by atoms with Gasteiger partial charge in [-0.15, -0.1) is 0 Å². The Kier molecular flexibility index (Phi) is 6.94. The van der Waals surface area contributed by atoms with Gasteiger partial charge < -0.3 is 15.4 Å². The highest BCUT2D eigenvalue weighted by Crippen LogP contribution is 2.20. The third-order valence-corrected chi connectivity index (χ3v) is 4.75. The van der Waals surface area contributed by atoms with Gasteiger partial charge in [0.1, 0.15) is 11.5 Å². The van der Waals surface area contributed by atoms with Gasteiger partial charge in [0.15, 0.2) is 0 Å². The van der Waals surface area contributed by atoms with Crippen molar-refractivity contribution in [1.82, 2.24) is 9.97 Å². The Hall–Kier alpha value is -2.96. The fraction of sp³-hybridized carbons (Fsp3) is 0.429. The molecule has 0 atom stereocenters. The van der Waals surface area contributed by atoms with Gasteiger partial charge in [0.05, 0.1) is 24.6 Å². The summed E-state index contributed by atoms with van der Waals surface area (Å²) >= 11 is 0. The molecule has 1 amide bonds. The Morgan fingerprint density at radius 3 is 2.36 bits per heavy atom. The molecule has 3 rings (SSSR count). The molecule has 7 nitrogen and oxygen atoms in total. The summed E-state index contributed by atoms with van der Waals surface area (Å²) in [5.41, 5.74) is 1.25. The van der Waals surface area contributed by atoms with Crippen LogP contribution in [0.3, 0.4) is 0 Å². The lowest BCUT2D eigenvalue weighted by Crippen LogP contribution is -2.20. The Bertz CT molecular complexity index is 782. The fourth-order valence-electron chi connectivity index (χ4n) is 3.25. The van der Waals surface area contributed by atoms with Crippen LogP contribution < -0.4 is 10.6 Å². The Morgan fingerprint density at radius 2 is 1.75 bits per heavy atom. The average molecular weight is 382 g/mol. The minimum Gasteiger partial charge on any atom is -0.462 e. The second kappa shape index (κ2) is 9.82. The molecule has 1 aromatic carbocycles. The molecule has 0 spiro atoms. The lowest BCUT2D eigenvalue weighted by atomic mass is 10.1. The van der Waals surface area contributed by atoms with E-state index in [1.54, 1.807) is 37.4 Å². The maximum atomic E-state index is 12.4. The van der Waals surface area contributed by atoms with Gasteiger partial charge >= 0.3 is 5.97 Å². The van der Waals surface area contributed by atoms with Crippen LogP contribution in [0, 0.1) is 0 Å². The van der Waals surface area contributed by atoms with Crippen LogP contribution in [0.5, 0.6) is 0 Å². The predicted molar refractivity (Wildman–Crippen MR) is 107 cm³/mol.